The molecular formula is C19H15F2N3O2S. The minimum Gasteiger partial charge on any atom is -0.508 e. The number of hydrogen-bond acceptors (Lipinski definition) is 5. The Labute approximate surface area is 157 Å². The van der Waals surface area contributed by atoms with Crippen LogP contribution in [0.2, 0.25) is 0 Å². The maximum Gasteiger partial charge on any atom is 0.206 e. The van der Waals surface area contributed by atoms with Gasteiger partial charge in [-0.15, -0.1) is 11.3 Å². The van der Waals surface area contributed by atoms with Crippen LogP contribution in [-0.2, 0) is 0 Å². The third-order valence-electron chi connectivity index (χ3n) is 4.06. The van der Waals surface area contributed by atoms with Crippen LogP contribution in [-0.4, -0.2) is 27.1 Å². The van der Waals surface area contributed by atoms with E-state index in [4.69, 9.17) is 0 Å². The van der Waals surface area contributed by atoms with E-state index < -0.39 is 11.6 Å². The second-order valence-electron chi connectivity index (χ2n) is 6.19. The maximum absolute atomic E-state index is 13.9. The SMILES string of the molecule is Oc1ccc(-c2csc(=NC3CC3)n2/N=C/c2ccc(F)cc2F)c(O)c1. The molecule has 1 aliphatic carbocycles. The lowest BCUT2D eigenvalue weighted by Crippen LogP contribution is -2.13. The smallest absolute Gasteiger partial charge is 0.206 e. The highest BCUT2D eigenvalue weighted by atomic mass is 32.1. The molecule has 0 unspecified atom stereocenters. The van der Waals surface area contributed by atoms with Crippen molar-refractivity contribution in [2.75, 3.05) is 0 Å². The van der Waals surface area contributed by atoms with Crippen LogP contribution in [0.5, 0.6) is 11.5 Å². The van der Waals surface area contributed by atoms with Crippen molar-refractivity contribution in [2.24, 2.45) is 10.1 Å². The number of aromatic hydroxyl groups is 2. The van der Waals surface area contributed by atoms with E-state index in [9.17, 15) is 19.0 Å². The highest BCUT2D eigenvalue weighted by Crippen LogP contribution is 2.32. The van der Waals surface area contributed by atoms with Gasteiger partial charge >= 0.3 is 0 Å². The summed E-state index contributed by atoms with van der Waals surface area (Å²) in [6.07, 6.45) is 3.30. The van der Waals surface area contributed by atoms with Crippen LogP contribution in [0.15, 0.2) is 51.9 Å². The van der Waals surface area contributed by atoms with E-state index in [-0.39, 0.29) is 23.1 Å². The fraction of sp³-hybridized carbons (Fsp3) is 0.158. The molecule has 4 rings (SSSR count). The average Bonchev–Trinajstić information content (AvgIpc) is 3.35. The van der Waals surface area contributed by atoms with Crippen LogP contribution in [0.25, 0.3) is 11.3 Å². The second-order valence-corrected chi connectivity index (χ2v) is 7.02. The lowest BCUT2D eigenvalue weighted by atomic mass is 10.1. The van der Waals surface area contributed by atoms with Crippen LogP contribution in [0, 0.1) is 11.6 Å². The molecule has 1 aliphatic rings. The van der Waals surface area contributed by atoms with Crippen molar-refractivity contribution in [1.82, 2.24) is 4.68 Å². The minimum atomic E-state index is -0.718. The van der Waals surface area contributed by atoms with E-state index >= 15 is 0 Å². The van der Waals surface area contributed by atoms with Crippen LogP contribution >= 0.6 is 11.3 Å². The Kier molecular flexibility index (Phi) is 4.49. The summed E-state index contributed by atoms with van der Waals surface area (Å²) in [5, 5.41) is 25.8. The van der Waals surface area contributed by atoms with Crippen LogP contribution in [0.4, 0.5) is 8.78 Å². The van der Waals surface area contributed by atoms with Gasteiger partial charge in [0.15, 0.2) is 0 Å². The largest absolute Gasteiger partial charge is 0.508 e. The zero-order valence-corrected chi connectivity index (χ0v) is 14.8. The van der Waals surface area contributed by atoms with E-state index in [0.717, 1.165) is 25.0 Å². The highest BCUT2D eigenvalue weighted by Gasteiger charge is 2.21. The number of rotatable bonds is 4. The normalized spacial score (nSPS) is 15.0. The Morgan fingerprint density at radius 2 is 1.93 bits per heavy atom. The molecule has 0 saturated heterocycles. The molecule has 1 heterocycles. The van der Waals surface area contributed by atoms with Gasteiger partial charge in [0.25, 0.3) is 0 Å². The third-order valence-corrected chi connectivity index (χ3v) is 4.89. The lowest BCUT2D eigenvalue weighted by molar-refractivity contribution is 0.451. The van der Waals surface area contributed by atoms with E-state index in [2.05, 4.69) is 10.1 Å². The first-order chi connectivity index (χ1) is 13.0. The van der Waals surface area contributed by atoms with Crippen molar-refractivity contribution >= 4 is 17.6 Å². The zero-order chi connectivity index (χ0) is 19.0. The summed E-state index contributed by atoms with van der Waals surface area (Å²) in [7, 11) is 0. The molecule has 8 heteroatoms. The first-order valence-corrected chi connectivity index (χ1v) is 9.15. The number of aromatic nitrogens is 1. The molecule has 138 valence electrons. The number of hydrogen-bond donors (Lipinski definition) is 2. The molecule has 1 aromatic heterocycles. The molecule has 2 N–H and O–H groups in total. The summed E-state index contributed by atoms with van der Waals surface area (Å²) in [6, 6.07) is 7.76. The van der Waals surface area contributed by atoms with E-state index in [1.165, 1.54) is 40.4 Å². The van der Waals surface area contributed by atoms with Crippen LogP contribution in [0.3, 0.4) is 0 Å². The predicted octanol–water partition coefficient (Wildman–Crippen LogP) is 3.85. The second kappa shape index (κ2) is 6.96. The molecule has 27 heavy (non-hydrogen) atoms. The van der Waals surface area contributed by atoms with Gasteiger partial charge in [-0.1, -0.05) is 0 Å². The molecule has 2 aromatic carbocycles. The Morgan fingerprint density at radius 3 is 2.63 bits per heavy atom. The van der Waals surface area contributed by atoms with Gasteiger partial charge in [0.1, 0.15) is 23.1 Å². The van der Waals surface area contributed by atoms with Crippen LogP contribution < -0.4 is 4.80 Å². The zero-order valence-electron chi connectivity index (χ0n) is 14.0. The van der Waals surface area contributed by atoms with Gasteiger partial charge < -0.3 is 10.2 Å². The van der Waals surface area contributed by atoms with E-state index in [1.54, 1.807) is 11.4 Å². The maximum atomic E-state index is 13.9. The predicted molar refractivity (Wildman–Crippen MR) is 99.0 cm³/mol. The Bertz CT molecular complexity index is 1100. The van der Waals surface area contributed by atoms with Gasteiger partial charge in [-0.05, 0) is 37.1 Å². The molecule has 1 fully saturated rings. The third kappa shape index (κ3) is 3.75. The number of halogens is 2. The molecule has 0 spiro atoms. The van der Waals surface area contributed by atoms with Crippen molar-refractivity contribution in [1.29, 1.82) is 0 Å². The number of phenols is 2. The summed E-state index contributed by atoms with van der Waals surface area (Å²) in [6.45, 7) is 0. The fourth-order valence-electron chi connectivity index (χ4n) is 2.51. The molecule has 1 saturated carbocycles. The van der Waals surface area contributed by atoms with Crippen molar-refractivity contribution < 1.29 is 19.0 Å². The number of benzene rings is 2. The number of nitrogens with zero attached hydrogens (tertiary/aromatic N) is 3. The first kappa shape index (κ1) is 17.4. The van der Waals surface area contributed by atoms with Crippen molar-refractivity contribution in [3.63, 3.8) is 0 Å². The van der Waals surface area contributed by atoms with Crippen molar-refractivity contribution in [2.45, 2.75) is 18.9 Å². The summed E-state index contributed by atoms with van der Waals surface area (Å²) >= 11 is 1.35. The summed E-state index contributed by atoms with van der Waals surface area (Å²) in [5.41, 5.74) is 1.14. The molecule has 0 amide bonds. The molecule has 5 nitrogen and oxygen atoms in total. The highest BCUT2D eigenvalue weighted by molar-refractivity contribution is 7.07. The van der Waals surface area contributed by atoms with Gasteiger partial charge in [-0.3, -0.25) is 4.99 Å². The molecule has 0 radical (unpaired) electrons. The van der Waals surface area contributed by atoms with Gasteiger partial charge in [-0.25, -0.2) is 13.5 Å². The molecule has 3 aromatic rings. The fourth-order valence-corrected chi connectivity index (χ4v) is 3.41. The molecule has 0 aliphatic heterocycles. The number of phenolic OH excluding ortho intramolecular Hbond substituents is 2. The van der Waals surface area contributed by atoms with E-state index in [0.29, 0.717) is 16.1 Å². The van der Waals surface area contributed by atoms with Crippen molar-refractivity contribution in [3.05, 3.63) is 63.8 Å². The lowest BCUT2D eigenvalue weighted by Gasteiger charge is -2.06. The van der Waals surface area contributed by atoms with Crippen LogP contribution in [0.1, 0.15) is 18.4 Å². The minimum absolute atomic E-state index is 0.0576. The molecule has 0 atom stereocenters. The average molecular weight is 387 g/mol. The van der Waals surface area contributed by atoms with E-state index in [1.807, 2.05) is 0 Å². The quantitative estimate of drug-likeness (QED) is 0.668. The Balaban J connectivity index is 1.82. The van der Waals surface area contributed by atoms with Crippen molar-refractivity contribution in [3.8, 4) is 22.8 Å². The van der Waals surface area contributed by atoms with Gasteiger partial charge in [-0.2, -0.15) is 5.10 Å². The first-order valence-electron chi connectivity index (χ1n) is 8.27. The van der Waals surface area contributed by atoms with Gasteiger partial charge in [0.05, 0.1) is 18.0 Å². The summed E-state index contributed by atoms with van der Waals surface area (Å²) < 4.78 is 28.5. The standard InChI is InChI=1S/C19H15F2N3O2S/c20-12-2-1-11(16(21)7-12)9-22-24-17(10-27-19(24)23-13-3-4-13)15-6-5-14(25)8-18(15)26/h1-2,5-10,13,25-26H,3-4H2/b22-9+,23-19?. The molecular weight excluding hydrogens is 372 g/mol. The monoisotopic (exact) mass is 387 g/mol. The summed E-state index contributed by atoms with van der Waals surface area (Å²) in [4.78, 5) is 5.21. The number of thiazole rings is 1. The summed E-state index contributed by atoms with van der Waals surface area (Å²) in [5.74, 6) is -1.54. The van der Waals surface area contributed by atoms with Gasteiger partial charge in [0.2, 0.25) is 4.80 Å². The molecule has 0 bridgehead atoms. The Morgan fingerprint density at radius 1 is 1.11 bits per heavy atom. The Hall–Kier alpha value is -3.00. The van der Waals surface area contributed by atoms with Gasteiger partial charge in [0, 0.05) is 28.6 Å². The topological polar surface area (TPSA) is 70.1 Å².